The molecule has 0 bridgehead atoms. The lowest BCUT2D eigenvalue weighted by molar-refractivity contribution is 0.103. The van der Waals surface area contributed by atoms with Gasteiger partial charge in [-0.1, -0.05) is 30.7 Å². The number of nitrogen functional groups attached to an aromatic ring is 1. The molecule has 1 aromatic heterocycles. The molecule has 0 aliphatic rings. The second-order valence-electron chi connectivity index (χ2n) is 4.38. The van der Waals surface area contributed by atoms with Crippen molar-refractivity contribution < 1.29 is 4.79 Å². The van der Waals surface area contributed by atoms with E-state index in [0.29, 0.717) is 34.2 Å². The number of ketones is 1. The van der Waals surface area contributed by atoms with Crippen LogP contribution in [0.4, 0.5) is 5.82 Å². The summed E-state index contributed by atoms with van der Waals surface area (Å²) in [6.45, 7) is 4.51. The zero-order chi connectivity index (χ0) is 14.0. The Labute approximate surface area is 133 Å². The second kappa shape index (κ2) is 6.90. The number of rotatable bonds is 4. The van der Waals surface area contributed by atoms with Crippen LogP contribution in [0.15, 0.2) is 24.3 Å². The molecule has 2 rings (SSSR count). The minimum absolute atomic E-state index is 0. The maximum atomic E-state index is 12.5. The van der Waals surface area contributed by atoms with Crippen molar-refractivity contribution in [1.82, 2.24) is 9.78 Å². The summed E-state index contributed by atoms with van der Waals surface area (Å²) in [7, 11) is 0. The number of hydrogen-bond acceptors (Lipinski definition) is 3. The molecule has 108 valence electrons. The molecule has 20 heavy (non-hydrogen) atoms. The number of carbonyl (C=O) groups excluding carboxylic acids is 1. The van der Waals surface area contributed by atoms with Crippen LogP contribution in [-0.4, -0.2) is 15.6 Å². The molecule has 2 N–H and O–H groups in total. The monoisotopic (exact) mass is 357 g/mol. The average molecular weight is 359 g/mol. The zero-order valence-corrected chi connectivity index (χ0v) is 13.9. The summed E-state index contributed by atoms with van der Waals surface area (Å²) in [6, 6.07) is 6.95. The first-order valence-corrected chi connectivity index (χ1v) is 6.56. The summed E-state index contributed by atoms with van der Waals surface area (Å²) in [6.07, 6.45) is 0.908. The van der Waals surface area contributed by atoms with Crippen LogP contribution in [0.5, 0.6) is 0 Å². The number of aromatic nitrogens is 2. The number of benzene rings is 1. The molecule has 0 radical (unpaired) electrons. The van der Waals surface area contributed by atoms with E-state index in [1.54, 1.807) is 35.9 Å². The van der Waals surface area contributed by atoms with Gasteiger partial charge in [-0.3, -0.25) is 4.79 Å². The van der Waals surface area contributed by atoms with E-state index in [1.807, 2.05) is 6.92 Å². The van der Waals surface area contributed by atoms with Crippen molar-refractivity contribution in [2.24, 2.45) is 0 Å². The molecule has 0 aliphatic carbocycles. The number of anilines is 1. The van der Waals surface area contributed by atoms with Gasteiger partial charge in [0.1, 0.15) is 5.82 Å². The highest BCUT2D eigenvalue weighted by Gasteiger charge is 2.22. The third-order valence-electron chi connectivity index (χ3n) is 2.95. The number of aryl methyl sites for hydroxylation is 2. The lowest BCUT2D eigenvalue weighted by Crippen LogP contribution is -2.09. The normalized spacial score (nSPS) is 10.2. The van der Waals surface area contributed by atoms with E-state index in [1.165, 1.54) is 0 Å². The van der Waals surface area contributed by atoms with Crippen LogP contribution in [0.2, 0.25) is 5.02 Å². The second-order valence-corrected chi connectivity index (χ2v) is 4.78. The van der Waals surface area contributed by atoms with Crippen LogP contribution in [0, 0.1) is 6.92 Å². The van der Waals surface area contributed by atoms with Gasteiger partial charge in [0.2, 0.25) is 0 Å². The predicted octanol–water partition coefficient (Wildman–Crippen LogP) is 3.65. The van der Waals surface area contributed by atoms with Crippen molar-refractivity contribution in [2.45, 2.75) is 26.8 Å². The van der Waals surface area contributed by atoms with Crippen LogP contribution in [0.3, 0.4) is 0 Å². The van der Waals surface area contributed by atoms with Gasteiger partial charge >= 0.3 is 0 Å². The van der Waals surface area contributed by atoms with Gasteiger partial charge in [-0.15, -0.1) is 17.0 Å². The van der Waals surface area contributed by atoms with Gasteiger partial charge in [0, 0.05) is 12.1 Å². The van der Waals surface area contributed by atoms with E-state index in [2.05, 4.69) is 5.10 Å². The number of hydrogen-bond donors (Lipinski definition) is 1. The minimum Gasteiger partial charge on any atom is -0.383 e. The number of nitrogens with two attached hydrogens (primary N) is 1. The molecule has 0 atom stereocenters. The highest BCUT2D eigenvalue weighted by atomic mass is 79.9. The molecular formula is C14H17BrClN3O. The number of nitrogens with zero attached hydrogens (tertiary/aromatic N) is 2. The highest BCUT2D eigenvalue weighted by Crippen LogP contribution is 2.24. The average Bonchev–Trinajstić information content (AvgIpc) is 2.65. The van der Waals surface area contributed by atoms with Gasteiger partial charge < -0.3 is 5.73 Å². The van der Waals surface area contributed by atoms with Gasteiger partial charge in [-0.05, 0) is 25.5 Å². The van der Waals surface area contributed by atoms with Crippen LogP contribution in [0.1, 0.15) is 35.0 Å². The van der Waals surface area contributed by atoms with Crippen molar-refractivity contribution in [1.29, 1.82) is 0 Å². The van der Waals surface area contributed by atoms with Crippen molar-refractivity contribution in [2.75, 3.05) is 5.73 Å². The quantitative estimate of drug-likeness (QED) is 0.849. The van der Waals surface area contributed by atoms with E-state index < -0.39 is 0 Å². The summed E-state index contributed by atoms with van der Waals surface area (Å²) in [5.41, 5.74) is 7.55. The van der Waals surface area contributed by atoms with E-state index >= 15 is 0 Å². The van der Waals surface area contributed by atoms with Crippen molar-refractivity contribution >= 4 is 40.2 Å². The number of carbonyl (C=O) groups is 1. The fourth-order valence-electron chi connectivity index (χ4n) is 2.04. The molecule has 0 saturated heterocycles. The third-order valence-corrected chi connectivity index (χ3v) is 3.28. The molecule has 6 heteroatoms. The smallest absolute Gasteiger partial charge is 0.200 e. The maximum Gasteiger partial charge on any atom is 0.200 e. The molecule has 0 aliphatic heterocycles. The van der Waals surface area contributed by atoms with E-state index in [-0.39, 0.29) is 22.8 Å². The molecule has 4 nitrogen and oxygen atoms in total. The molecule has 1 aromatic carbocycles. The Morgan fingerprint density at radius 2 is 2.05 bits per heavy atom. The lowest BCUT2D eigenvalue weighted by Gasteiger charge is -2.04. The van der Waals surface area contributed by atoms with Crippen molar-refractivity contribution in [3.8, 4) is 0 Å². The first-order chi connectivity index (χ1) is 9.06. The van der Waals surface area contributed by atoms with Gasteiger partial charge in [0.25, 0.3) is 0 Å². The molecule has 0 fully saturated rings. The van der Waals surface area contributed by atoms with Crippen molar-refractivity contribution in [3.05, 3.63) is 46.1 Å². The SMILES string of the molecule is Br.CCCn1nc(C)c(C(=O)c2ccccc2Cl)c1N. The summed E-state index contributed by atoms with van der Waals surface area (Å²) >= 11 is 6.05. The Morgan fingerprint density at radius 3 is 2.65 bits per heavy atom. The van der Waals surface area contributed by atoms with E-state index in [9.17, 15) is 4.79 Å². The van der Waals surface area contributed by atoms with E-state index in [4.69, 9.17) is 17.3 Å². The summed E-state index contributed by atoms with van der Waals surface area (Å²) in [5.74, 6) is 0.229. The summed E-state index contributed by atoms with van der Waals surface area (Å²) in [5, 5.41) is 4.73. The van der Waals surface area contributed by atoms with Crippen LogP contribution < -0.4 is 5.73 Å². The standard InChI is InChI=1S/C14H16ClN3O.BrH/c1-3-8-18-14(16)12(9(2)17-18)13(19)10-6-4-5-7-11(10)15;/h4-7H,3,8,16H2,1-2H3;1H. The van der Waals surface area contributed by atoms with Crippen LogP contribution in [-0.2, 0) is 6.54 Å². The molecule has 0 amide bonds. The summed E-state index contributed by atoms with van der Waals surface area (Å²) < 4.78 is 1.67. The molecule has 2 aromatic rings. The Hall–Kier alpha value is -1.33. The maximum absolute atomic E-state index is 12.5. The largest absolute Gasteiger partial charge is 0.383 e. The first kappa shape index (κ1) is 16.7. The van der Waals surface area contributed by atoms with Crippen molar-refractivity contribution in [3.63, 3.8) is 0 Å². The van der Waals surface area contributed by atoms with Crippen LogP contribution in [0.25, 0.3) is 0 Å². The van der Waals surface area contributed by atoms with Gasteiger partial charge in [0.05, 0.1) is 16.3 Å². The Kier molecular flexibility index (Phi) is 5.77. The minimum atomic E-state index is -0.178. The number of halogens is 2. The topological polar surface area (TPSA) is 60.9 Å². The lowest BCUT2D eigenvalue weighted by atomic mass is 10.0. The molecule has 0 spiro atoms. The Morgan fingerprint density at radius 1 is 1.40 bits per heavy atom. The Balaban J connectivity index is 0.00000200. The fraction of sp³-hybridized carbons (Fsp3) is 0.286. The Bertz CT molecular complexity index is 625. The molecule has 0 saturated carbocycles. The highest BCUT2D eigenvalue weighted by molar-refractivity contribution is 8.93. The predicted molar refractivity (Wildman–Crippen MR) is 86.9 cm³/mol. The third kappa shape index (κ3) is 3.04. The van der Waals surface area contributed by atoms with Crippen LogP contribution >= 0.6 is 28.6 Å². The zero-order valence-electron chi connectivity index (χ0n) is 11.4. The molecule has 0 unspecified atom stereocenters. The summed E-state index contributed by atoms with van der Waals surface area (Å²) in [4.78, 5) is 12.5. The van der Waals surface area contributed by atoms with Gasteiger partial charge in [-0.2, -0.15) is 5.10 Å². The van der Waals surface area contributed by atoms with E-state index in [0.717, 1.165) is 6.42 Å². The first-order valence-electron chi connectivity index (χ1n) is 6.18. The van der Waals surface area contributed by atoms with Gasteiger partial charge in [0.15, 0.2) is 5.78 Å². The molecule has 1 heterocycles. The van der Waals surface area contributed by atoms with Gasteiger partial charge in [-0.25, -0.2) is 4.68 Å². The molecular weight excluding hydrogens is 342 g/mol. The fourth-order valence-corrected chi connectivity index (χ4v) is 2.26.